The molecule has 0 amide bonds. The van der Waals surface area contributed by atoms with Crippen LogP contribution in [0, 0.1) is 57.7 Å². The molecule has 0 bridgehead atoms. The van der Waals surface area contributed by atoms with Crippen molar-refractivity contribution in [3.05, 3.63) is 11.6 Å². The molecule has 0 aromatic heterocycles. The highest BCUT2D eigenvalue weighted by Crippen LogP contribution is 2.67. The molecular formula is C32H51NO2S. The zero-order valence-corrected chi connectivity index (χ0v) is 24.5. The van der Waals surface area contributed by atoms with Crippen LogP contribution in [0.5, 0.6) is 0 Å². The maximum Gasteiger partial charge on any atom is 0.316 e. The summed E-state index contributed by atoms with van der Waals surface area (Å²) in [7, 11) is 0. The summed E-state index contributed by atoms with van der Waals surface area (Å²) in [4.78, 5) is 12.3. The van der Waals surface area contributed by atoms with Gasteiger partial charge >= 0.3 is 5.97 Å². The monoisotopic (exact) mass is 513 g/mol. The maximum absolute atomic E-state index is 12.3. The Morgan fingerprint density at radius 1 is 1.14 bits per heavy atom. The predicted octanol–water partition coefficient (Wildman–Crippen LogP) is 8.59. The lowest BCUT2D eigenvalue weighted by atomic mass is 9.47. The van der Waals surface area contributed by atoms with E-state index in [0.29, 0.717) is 28.8 Å². The Balaban J connectivity index is 1.37. The van der Waals surface area contributed by atoms with Gasteiger partial charge in [-0.25, -0.2) is 0 Å². The second kappa shape index (κ2) is 11.8. The Kier molecular flexibility index (Phi) is 9.23. The molecule has 3 nitrogen and oxygen atoms in total. The van der Waals surface area contributed by atoms with Crippen molar-refractivity contribution in [2.45, 2.75) is 118 Å². The summed E-state index contributed by atoms with van der Waals surface area (Å²) < 4.78 is 5.89. The van der Waals surface area contributed by atoms with Gasteiger partial charge in [0.25, 0.3) is 0 Å². The first-order chi connectivity index (χ1) is 17.2. The topological polar surface area (TPSA) is 50.1 Å². The van der Waals surface area contributed by atoms with Crippen molar-refractivity contribution in [2.24, 2.45) is 46.3 Å². The molecule has 8 atom stereocenters. The van der Waals surface area contributed by atoms with Crippen molar-refractivity contribution in [3.8, 4) is 6.07 Å². The SMILES string of the molecule is CC(C)CCC[C@@H](C)[C@H]1CC[C@H]2[C@@H]3CC=C4C[C@@H](OC(=O)CSCCC#N)CC[C@]4(C)[C@H]3CC[C@]12C. The van der Waals surface area contributed by atoms with E-state index in [4.69, 9.17) is 10.00 Å². The van der Waals surface area contributed by atoms with Crippen molar-refractivity contribution in [2.75, 3.05) is 11.5 Å². The summed E-state index contributed by atoms with van der Waals surface area (Å²) in [5.74, 6) is 6.13. The van der Waals surface area contributed by atoms with Crippen LogP contribution in [0.4, 0.5) is 0 Å². The molecular weight excluding hydrogens is 462 g/mol. The fraction of sp³-hybridized carbons (Fsp3) is 0.875. The van der Waals surface area contributed by atoms with E-state index in [2.05, 4.69) is 46.8 Å². The van der Waals surface area contributed by atoms with Crippen LogP contribution >= 0.6 is 11.8 Å². The van der Waals surface area contributed by atoms with E-state index >= 15 is 0 Å². The average Bonchev–Trinajstić information content (AvgIpc) is 3.19. The highest BCUT2D eigenvalue weighted by molar-refractivity contribution is 7.99. The molecule has 4 aliphatic carbocycles. The molecule has 0 aromatic rings. The number of nitrogens with zero attached hydrogens (tertiary/aromatic N) is 1. The molecule has 0 spiro atoms. The van der Waals surface area contributed by atoms with Gasteiger partial charge in [0.05, 0.1) is 11.8 Å². The summed E-state index contributed by atoms with van der Waals surface area (Å²) in [6.45, 7) is 12.5. The van der Waals surface area contributed by atoms with Crippen molar-refractivity contribution < 1.29 is 9.53 Å². The fourth-order valence-corrected chi connectivity index (χ4v) is 9.86. The van der Waals surface area contributed by atoms with E-state index in [0.717, 1.165) is 54.8 Å². The van der Waals surface area contributed by atoms with Gasteiger partial charge in [-0.2, -0.15) is 5.26 Å². The Morgan fingerprint density at radius 2 is 1.94 bits per heavy atom. The average molecular weight is 514 g/mol. The third-order valence-electron chi connectivity index (χ3n) is 11.1. The highest BCUT2D eigenvalue weighted by Gasteiger charge is 2.59. The summed E-state index contributed by atoms with van der Waals surface area (Å²) in [5.41, 5.74) is 2.43. The molecule has 3 saturated carbocycles. The van der Waals surface area contributed by atoms with Crippen LogP contribution in [0.2, 0.25) is 0 Å². The van der Waals surface area contributed by atoms with Gasteiger partial charge in [0.1, 0.15) is 6.10 Å². The minimum atomic E-state index is -0.103. The molecule has 36 heavy (non-hydrogen) atoms. The summed E-state index contributed by atoms with van der Waals surface area (Å²) in [5, 5.41) is 8.67. The third-order valence-corrected chi connectivity index (χ3v) is 12.1. The van der Waals surface area contributed by atoms with E-state index in [-0.39, 0.29) is 12.1 Å². The lowest BCUT2D eigenvalue weighted by Crippen LogP contribution is -2.51. The Bertz CT molecular complexity index is 846. The fourth-order valence-electron chi connectivity index (χ4n) is 9.25. The second-order valence-electron chi connectivity index (χ2n) is 13.6. The number of nitriles is 1. The molecule has 4 heteroatoms. The normalized spacial score (nSPS) is 38.4. The molecule has 202 valence electrons. The molecule has 0 heterocycles. The Labute approximate surface area is 225 Å². The van der Waals surface area contributed by atoms with Crippen molar-refractivity contribution in [1.29, 1.82) is 5.26 Å². The number of hydrogen-bond acceptors (Lipinski definition) is 4. The van der Waals surface area contributed by atoms with Gasteiger partial charge in [-0.05, 0) is 91.3 Å². The molecule has 0 aliphatic heterocycles. The first kappa shape index (κ1) is 28.1. The molecule has 0 radical (unpaired) electrons. The molecule has 0 saturated heterocycles. The summed E-state index contributed by atoms with van der Waals surface area (Å²) >= 11 is 1.52. The molecule has 3 fully saturated rings. The van der Waals surface area contributed by atoms with E-state index in [9.17, 15) is 4.79 Å². The van der Waals surface area contributed by atoms with Crippen molar-refractivity contribution >= 4 is 17.7 Å². The number of esters is 1. The number of carbonyl (C=O) groups is 1. The molecule has 4 aliphatic rings. The number of hydrogen-bond donors (Lipinski definition) is 0. The number of carbonyl (C=O) groups excluding carboxylic acids is 1. The van der Waals surface area contributed by atoms with E-state index in [1.807, 2.05) is 0 Å². The first-order valence-corrected chi connectivity index (χ1v) is 16.2. The third kappa shape index (κ3) is 5.72. The summed E-state index contributed by atoms with van der Waals surface area (Å²) in [6, 6.07) is 2.14. The van der Waals surface area contributed by atoms with Gasteiger partial charge in [0.2, 0.25) is 0 Å². The molecule has 0 unspecified atom stereocenters. The van der Waals surface area contributed by atoms with Crippen LogP contribution in [0.15, 0.2) is 11.6 Å². The zero-order valence-electron chi connectivity index (χ0n) is 23.7. The van der Waals surface area contributed by atoms with Gasteiger partial charge in [0, 0.05) is 18.6 Å². The standard InChI is InChI=1S/C32H51NO2S/c1-22(2)8-6-9-23(3)27-12-13-28-26-11-10-24-20-25(35-30(34)21-36-19-7-18-33)14-16-31(24,4)29(26)15-17-32(27,28)5/h10,22-23,25-29H,6-9,11-17,19-21H2,1-5H3/t23-,25+,26+,27-,28+,29+,31+,32-/m1/s1. The van der Waals surface area contributed by atoms with E-state index in [1.54, 1.807) is 5.57 Å². The van der Waals surface area contributed by atoms with Crippen molar-refractivity contribution in [3.63, 3.8) is 0 Å². The quantitative estimate of drug-likeness (QED) is 0.167. The number of rotatable bonds is 10. The minimum absolute atomic E-state index is 0.0429. The van der Waals surface area contributed by atoms with Gasteiger partial charge in [-0.3, -0.25) is 4.79 Å². The predicted molar refractivity (Wildman–Crippen MR) is 150 cm³/mol. The van der Waals surface area contributed by atoms with Gasteiger partial charge in [0.15, 0.2) is 0 Å². The number of ether oxygens (including phenoxy) is 1. The lowest BCUT2D eigenvalue weighted by molar-refractivity contribution is -0.148. The molecule has 0 N–H and O–H groups in total. The van der Waals surface area contributed by atoms with Gasteiger partial charge in [-0.15, -0.1) is 11.8 Å². The van der Waals surface area contributed by atoms with Gasteiger partial charge < -0.3 is 4.74 Å². The number of fused-ring (bicyclic) bond motifs is 5. The lowest BCUT2D eigenvalue weighted by Gasteiger charge is -2.58. The minimum Gasteiger partial charge on any atom is -0.461 e. The Morgan fingerprint density at radius 3 is 2.69 bits per heavy atom. The van der Waals surface area contributed by atoms with E-state index in [1.165, 1.54) is 63.1 Å². The molecule has 0 aromatic carbocycles. The smallest absolute Gasteiger partial charge is 0.316 e. The van der Waals surface area contributed by atoms with E-state index < -0.39 is 0 Å². The van der Waals surface area contributed by atoms with Crippen LogP contribution in [-0.4, -0.2) is 23.6 Å². The van der Waals surface area contributed by atoms with Crippen molar-refractivity contribution in [1.82, 2.24) is 0 Å². The van der Waals surface area contributed by atoms with Crippen LogP contribution in [0.3, 0.4) is 0 Å². The largest absolute Gasteiger partial charge is 0.461 e. The van der Waals surface area contributed by atoms with Crippen LogP contribution in [0.1, 0.15) is 112 Å². The number of thioether (sulfide) groups is 1. The number of allylic oxidation sites excluding steroid dienone is 1. The second-order valence-corrected chi connectivity index (χ2v) is 14.7. The maximum atomic E-state index is 12.3. The zero-order chi connectivity index (χ0) is 25.9. The molecule has 4 rings (SSSR count). The van der Waals surface area contributed by atoms with Gasteiger partial charge in [-0.1, -0.05) is 65.5 Å². The van der Waals surface area contributed by atoms with Crippen LogP contribution in [-0.2, 0) is 9.53 Å². The highest BCUT2D eigenvalue weighted by atomic mass is 32.2. The van der Waals surface area contributed by atoms with Crippen LogP contribution in [0.25, 0.3) is 0 Å². The first-order valence-electron chi connectivity index (χ1n) is 15.0. The summed E-state index contributed by atoms with van der Waals surface area (Å²) in [6.07, 6.45) is 17.4. The Hall–Kier alpha value is -0.950. The van der Waals surface area contributed by atoms with Crippen LogP contribution < -0.4 is 0 Å².